The van der Waals surface area contributed by atoms with Gasteiger partial charge in [0, 0.05) is 18.5 Å². The van der Waals surface area contributed by atoms with E-state index < -0.39 is 5.97 Å². The van der Waals surface area contributed by atoms with Crippen molar-refractivity contribution in [3.05, 3.63) is 0 Å². The van der Waals surface area contributed by atoms with Crippen molar-refractivity contribution in [2.75, 3.05) is 19.7 Å². The van der Waals surface area contributed by atoms with Gasteiger partial charge < -0.3 is 14.7 Å². The van der Waals surface area contributed by atoms with E-state index in [-0.39, 0.29) is 23.8 Å². The lowest BCUT2D eigenvalue weighted by Gasteiger charge is -2.45. The first kappa shape index (κ1) is 13.3. The first-order valence-electron chi connectivity index (χ1n) is 6.70. The fourth-order valence-electron chi connectivity index (χ4n) is 2.88. The lowest BCUT2D eigenvalue weighted by molar-refractivity contribution is -0.158. The Hall–Kier alpha value is -1.10. The Labute approximate surface area is 107 Å². The monoisotopic (exact) mass is 255 g/mol. The Morgan fingerprint density at radius 2 is 2.17 bits per heavy atom. The van der Waals surface area contributed by atoms with Crippen molar-refractivity contribution < 1.29 is 19.4 Å². The lowest BCUT2D eigenvalue weighted by Crippen LogP contribution is -2.53. The number of aliphatic carboxylic acids is 1. The summed E-state index contributed by atoms with van der Waals surface area (Å²) in [6, 6.07) is 0. The summed E-state index contributed by atoms with van der Waals surface area (Å²) < 4.78 is 5.39. The van der Waals surface area contributed by atoms with Crippen molar-refractivity contribution in [2.45, 2.75) is 45.1 Å². The van der Waals surface area contributed by atoms with Gasteiger partial charge in [-0.05, 0) is 19.3 Å². The maximum Gasteiger partial charge on any atom is 0.306 e. The standard InChI is InChI=1S/C13H21NO4/c1-2-13(4-3-5-13)12(17)14-6-7-18-10(9-14)8-11(15)16/h10H,2-9H2,1H3,(H,15,16)/t10-/m0/s1. The van der Waals surface area contributed by atoms with E-state index in [1.807, 2.05) is 0 Å². The van der Waals surface area contributed by atoms with Crippen LogP contribution in [0.1, 0.15) is 39.0 Å². The van der Waals surface area contributed by atoms with Crippen LogP contribution in [-0.4, -0.2) is 47.7 Å². The van der Waals surface area contributed by atoms with E-state index in [2.05, 4.69) is 6.92 Å². The highest BCUT2D eigenvalue weighted by Gasteiger charge is 2.45. The Morgan fingerprint density at radius 1 is 1.44 bits per heavy atom. The molecule has 5 nitrogen and oxygen atoms in total. The quantitative estimate of drug-likeness (QED) is 0.821. The Kier molecular flexibility index (Phi) is 3.90. The molecule has 1 saturated carbocycles. The van der Waals surface area contributed by atoms with Crippen LogP contribution in [0.3, 0.4) is 0 Å². The molecule has 0 bridgehead atoms. The first-order valence-corrected chi connectivity index (χ1v) is 6.70. The molecule has 2 fully saturated rings. The van der Waals surface area contributed by atoms with Gasteiger partial charge in [-0.25, -0.2) is 0 Å². The van der Waals surface area contributed by atoms with Gasteiger partial charge in [0.15, 0.2) is 0 Å². The fraction of sp³-hybridized carbons (Fsp3) is 0.846. The fourth-order valence-corrected chi connectivity index (χ4v) is 2.88. The van der Waals surface area contributed by atoms with Crippen LogP contribution in [0, 0.1) is 5.41 Å². The number of hydrogen-bond donors (Lipinski definition) is 1. The summed E-state index contributed by atoms with van der Waals surface area (Å²) in [5.74, 6) is -0.668. The van der Waals surface area contributed by atoms with Crippen LogP contribution in [0.4, 0.5) is 0 Å². The van der Waals surface area contributed by atoms with Crippen LogP contribution in [0.2, 0.25) is 0 Å². The van der Waals surface area contributed by atoms with Crippen molar-refractivity contribution in [1.82, 2.24) is 4.90 Å². The van der Waals surface area contributed by atoms with Crippen LogP contribution in [0.15, 0.2) is 0 Å². The molecule has 18 heavy (non-hydrogen) atoms. The maximum atomic E-state index is 12.5. The molecule has 2 rings (SSSR count). The summed E-state index contributed by atoms with van der Waals surface area (Å²) in [6.45, 7) is 3.53. The average Bonchev–Trinajstić information content (AvgIpc) is 2.27. The zero-order valence-corrected chi connectivity index (χ0v) is 10.9. The average molecular weight is 255 g/mol. The molecule has 1 heterocycles. The normalized spacial score (nSPS) is 26.5. The highest BCUT2D eigenvalue weighted by atomic mass is 16.5. The lowest BCUT2D eigenvalue weighted by atomic mass is 9.66. The minimum absolute atomic E-state index is 0.0249. The largest absolute Gasteiger partial charge is 0.481 e. The molecule has 0 spiro atoms. The number of morpholine rings is 1. The van der Waals surface area contributed by atoms with Crippen LogP contribution >= 0.6 is 0 Å². The van der Waals surface area contributed by atoms with Gasteiger partial charge >= 0.3 is 5.97 Å². The van der Waals surface area contributed by atoms with Crippen LogP contribution in [0.5, 0.6) is 0 Å². The van der Waals surface area contributed by atoms with E-state index in [1.54, 1.807) is 4.90 Å². The van der Waals surface area contributed by atoms with Crippen molar-refractivity contribution in [3.63, 3.8) is 0 Å². The molecule has 1 amide bonds. The number of rotatable bonds is 4. The van der Waals surface area contributed by atoms with Gasteiger partial charge in [-0.1, -0.05) is 13.3 Å². The molecule has 0 unspecified atom stereocenters. The molecule has 1 N–H and O–H groups in total. The third-order valence-electron chi connectivity index (χ3n) is 4.27. The highest BCUT2D eigenvalue weighted by molar-refractivity contribution is 5.83. The van der Waals surface area contributed by atoms with Crippen LogP contribution in [-0.2, 0) is 14.3 Å². The number of hydrogen-bond acceptors (Lipinski definition) is 3. The summed E-state index contributed by atoms with van der Waals surface area (Å²) in [5, 5.41) is 8.77. The Morgan fingerprint density at radius 3 is 2.67 bits per heavy atom. The molecule has 102 valence electrons. The number of carbonyl (C=O) groups is 2. The summed E-state index contributed by atoms with van der Waals surface area (Å²) in [4.78, 5) is 25.0. The van der Waals surface area contributed by atoms with Crippen LogP contribution < -0.4 is 0 Å². The third kappa shape index (κ3) is 2.51. The van der Waals surface area contributed by atoms with E-state index in [4.69, 9.17) is 9.84 Å². The maximum absolute atomic E-state index is 12.5. The smallest absolute Gasteiger partial charge is 0.306 e. The second-order valence-corrected chi connectivity index (χ2v) is 5.33. The molecule has 0 aromatic rings. The van der Waals surface area contributed by atoms with Gasteiger partial charge in [0.1, 0.15) is 0 Å². The minimum Gasteiger partial charge on any atom is -0.481 e. The number of nitrogens with zero attached hydrogens (tertiary/aromatic N) is 1. The van der Waals surface area contributed by atoms with E-state index >= 15 is 0 Å². The van der Waals surface area contributed by atoms with E-state index in [1.165, 1.54) is 0 Å². The summed E-state index contributed by atoms with van der Waals surface area (Å²) >= 11 is 0. The summed E-state index contributed by atoms with van der Waals surface area (Å²) in [6.07, 6.45) is 3.58. The Bertz CT molecular complexity index is 332. The molecule has 1 aliphatic carbocycles. The molecule has 0 aromatic carbocycles. The SMILES string of the molecule is CCC1(C(=O)N2CCO[C@@H](CC(=O)O)C2)CCC1. The van der Waals surface area contributed by atoms with Gasteiger partial charge in [-0.3, -0.25) is 9.59 Å². The van der Waals surface area contributed by atoms with E-state index in [9.17, 15) is 9.59 Å². The summed E-state index contributed by atoms with van der Waals surface area (Å²) in [5.41, 5.74) is -0.162. The molecule has 0 radical (unpaired) electrons. The van der Waals surface area contributed by atoms with Gasteiger partial charge in [0.05, 0.1) is 19.1 Å². The molecule has 2 aliphatic rings. The van der Waals surface area contributed by atoms with Crippen molar-refractivity contribution in [3.8, 4) is 0 Å². The zero-order valence-electron chi connectivity index (χ0n) is 10.9. The first-order chi connectivity index (χ1) is 8.57. The van der Waals surface area contributed by atoms with Crippen LogP contribution in [0.25, 0.3) is 0 Å². The van der Waals surface area contributed by atoms with Crippen molar-refractivity contribution >= 4 is 11.9 Å². The van der Waals surface area contributed by atoms with Crippen molar-refractivity contribution in [2.24, 2.45) is 5.41 Å². The van der Waals surface area contributed by atoms with E-state index in [0.717, 1.165) is 25.7 Å². The third-order valence-corrected chi connectivity index (χ3v) is 4.27. The molecule has 1 aliphatic heterocycles. The number of carboxylic acids is 1. The number of amides is 1. The molecule has 1 saturated heterocycles. The topological polar surface area (TPSA) is 66.8 Å². The zero-order chi connectivity index (χ0) is 13.2. The molecular weight excluding hydrogens is 234 g/mol. The van der Waals surface area contributed by atoms with Gasteiger partial charge in [0.2, 0.25) is 5.91 Å². The molecular formula is C13H21NO4. The predicted molar refractivity (Wildman–Crippen MR) is 65.1 cm³/mol. The van der Waals surface area contributed by atoms with E-state index in [0.29, 0.717) is 19.7 Å². The Balaban J connectivity index is 1.96. The van der Waals surface area contributed by atoms with Gasteiger partial charge in [-0.2, -0.15) is 0 Å². The molecule has 1 atom stereocenters. The second kappa shape index (κ2) is 5.26. The van der Waals surface area contributed by atoms with Crippen molar-refractivity contribution in [1.29, 1.82) is 0 Å². The van der Waals surface area contributed by atoms with Gasteiger partial charge in [-0.15, -0.1) is 0 Å². The highest BCUT2D eigenvalue weighted by Crippen LogP contribution is 2.45. The predicted octanol–water partition coefficient (Wildman–Crippen LogP) is 1.27. The number of ether oxygens (including phenoxy) is 1. The van der Waals surface area contributed by atoms with Gasteiger partial charge in [0.25, 0.3) is 0 Å². The minimum atomic E-state index is -0.872. The number of carboxylic acid groups (broad SMARTS) is 1. The molecule has 5 heteroatoms. The molecule has 0 aromatic heterocycles. The second-order valence-electron chi connectivity index (χ2n) is 5.33. The summed E-state index contributed by atoms with van der Waals surface area (Å²) in [7, 11) is 0. The number of carbonyl (C=O) groups excluding carboxylic acids is 1.